The van der Waals surface area contributed by atoms with Crippen LogP contribution in [0.5, 0.6) is 0 Å². The first-order chi connectivity index (χ1) is 11.1. The third kappa shape index (κ3) is 3.21. The molecule has 23 heavy (non-hydrogen) atoms. The third-order valence-electron chi connectivity index (χ3n) is 3.89. The Hall–Kier alpha value is -1.98. The summed E-state index contributed by atoms with van der Waals surface area (Å²) < 4.78 is 0. The van der Waals surface area contributed by atoms with Crippen LogP contribution in [-0.2, 0) is 0 Å². The van der Waals surface area contributed by atoms with Crippen molar-refractivity contribution in [3.8, 4) is 0 Å². The van der Waals surface area contributed by atoms with Gasteiger partial charge in [0.05, 0.1) is 11.4 Å². The molecule has 5 heteroatoms. The molecule has 1 amide bonds. The average Bonchev–Trinajstić information content (AvgIpc) is 2.57. The van der Waals surface area contributed by atoms with Crippen LogP contribution in [0.25, 0.3) is 0 Å². The lowest BCUT2D eigenvalue weighted by molar-refractivity contribution is 0.0963. The Bertz CT molecular complexity index is 730. The van der Waals surface area contributed by atoms with Crippen LogP contribution in [0, 0.1) is 0 Å². The van der Waals surface area contributed by atoms with Crippen LogP contribution in [0.3, 0.4) is 0 Å². The van der Waals surface area contributed by atoms with Crippen LogP contribution < -0.4 is 10.2 Å². The van der Waals surface area contributed by atoms with Gasteiger partial charge in [0, 0.05) is 35.5 Å². The molecule has 3 rings (SSSR count). The molecule has 0 bridgehead atoms. The van der Waals surface area contributed by atoms with Gasteiger partial charge in [-0.25, -0.2) is 0 Å². The van der Waals surface area contributed by atoms with Crippen LogP contribution in [-0.4, -0.2) is 45.0 Å². The van der Waals surface area contributed by atoms with Crippen LogP contribution in [0.2, 0.25) is 0 Å². The number of hydrogen-bond acceptors (Lipinski definition) is 4. The fraction of sp³-hybridized carbons (Fsp3) is 0.278. The van der Waals surface area contributed by atoms with Gasteiger partial charge in [0.2, 0.25) is 0 Å². The van der Waals surface area contributed by atoms with E-state index in [2.05, 4.69) is 53.5 Å². The van der Waals surface area contributed by atoms with Crippen molar-refractivity contribution >= 4 is 29.0 Å². The van der Waals surface area contributed by atoms with E-state index in [0.29, 0.717) is 5.56 Å². The van der Waals surface area contributed by atoms with E-state index in [1.807, 2.05) is 18.2 Å². The molecule has 0 atom stereocenters. The first-order valence-electron chi connectivity index (χ1n) is 7.65. The topological polar surface area (TPSA) is 35.6 Å². The molecule has 120 valence electrons. The van der Waals surface area contributed by atoms with E-state index in [1.165, 1.54) is 15.5 Å². The number of amides is 1. The Balaban J connectivity index is 2.04. The molecule has 1 aliphatic heterocycles. The minimum absolute atomic E-state index is 0.0516. The molecular weight excluding hydrogens is 306 g/mol. The van der Waals surface area contributed by atoms with Gasteiger partial charge in [-0.2, -0.15) is 0 Å². The predicted octanol–water partition coefficient (Wildman–Crippen LogP) is 3.21. The zero-order valence-corrected chi connectivity index (χ0v) is 14.5. The van der Waals surface area contributed by atoms with Gasteiger partial charge in [0.1, 0.15) is 0 Å². The molecular formula is C18H21N3OS. The standard InChI is InChI=1S/C18H21N3OS/c1-19-18(22)13-8-9-17-15(12-13)21(11-10-20(2)3)14-6-4-5-7-16(14)23-17/h4-9,12H,10-11H2,1-3H3,(H,19,22). The monoisotopic (exact) mass is 327 g/mol. The summed E-state index contributed by atoms with van der Waals surface area (Å²) in [4.78, 5) is 18.9. The number of hydrogen-bond donors (Lipinski definition) is 1. The van der Waals surface area contributed by atoms with Crippen LogP contribution in [0.4, 0.5) is 11.4 Å². The van der Waals surface area contributed by atoms with E-state index in [4.69, 9.17) is 0 Å². The molecule has 0 saturated carbocycles. The summed E-state index contributed by atoms with van der Waals surface area (Å²) in [6, 6.07) is 14.4. The number of anilines is 2. The highest BCUT2D eigenvalue weighted by molar-refractivity contribution is 7.99. The SMILES string of the molecule is CNC(=O)c1ccc2c(c1)N(CCN(C)C)c1ccccc1S2. The maximum absolute atomic E-state index is 12.0. The highest BCUT2D eigenvalue weighted by Crippen LogP contribution is 2.48. The maximum atomic E-state index is 12.0. The lowest BCUT2D eigenvalue weighted by Gasteiger charge is -2.33. The van der Waals surface area contributed by atoms with Crippen molar-refractivity contribution in [3.63, 3.8) is 0 Å². The second-order valence-corrected chi connectivity index (χ2v) is 6.87. The summed E-state index contributed by atoms with van der Waals surface area (Å²) in [5, 5.41) is 2.70. The molecule has 1 aliphatic rings. The number of fused-ring (bicyclic) bond motifs is 2. The maximum Gasteiger partial charge on any atom is 0.251 e. The molecule has 4 nitrogen and oxygen atoms in total. The summed E-state index contributed by atoms with van der Waals surface area (Å²) in [6.45, 7) is 1.83. The van der Waals surface area contributed by atoms with Gasteiger partial charge in [-0.15, -0.1) is 0 Å². The first kappa shape index (κ1) is 15.9. The van der Waals surface area contributed by atoms with Crippen LogP contribution in [0.15, 0.2) is 52.3 Å². The second-order valence-electron chi connectivity index (χ2n) is 5.79. The van der Waals surface area contributed by atoms with Crippen molar-refractivity contribution in [1.29, 1.82) is 0 Å². The number of carbonyl (C=O) groups is 1. The summed E-state index contributed by atoms with van der Waals surface area (Å²) in [5.74, 6) is -0.0516. The first-order valence-corrected chi connectivity index (χ1v) is 8.47. The number of carbonyl (C=O) groups excluding carboxylic acids is 1. The molecule has 0 saturated heterocycles. The number of para-hydroxylation sites is 1. The zero-order valence-electron chi connectivity index (χ0n) is 13.7. The molecule has 0 aliphatic carbocycles. The zero-order chi connectivity index (χ0) is 16.4. The van der Waals surface area contributed by atoms with Gasteiger partial charge < -0.3 is 15.1 Å². The molecule has 1 heterocycles. The Kier molecular flexibility index (Phi) is 4.59. The lowest BCUT2D eigenvalue weighted by Crippen LogP contribution is -2.30. The molecule has 0 aromatic heterocycles. The van der Waals surface area contributed by atoms with E-state index in [0.717, 1.165) is 18.8 Å². The minimum Gasteiger partial charge on any atom is -0.355 e. The Morgan fingerprint density at radius 3 is 2.61 bits per heavy atom. The number of nitrogens with zero attached hydrogens (tertiary/aromatic N) is 2. The van der Waals surface area contributed by atoms with Gasteiger partial charge >= 0.3 is 0 Å². The van der Waals surface area contributed by atoms with Crippen molar-refractivity contribution < 1.29 is 4.79 Å². The summed E-state index contributed by atoms with van der Waals surface area (Å²) >= 11 is 1.76. The number of benzene rings is 2. The summed E-state index contributed by atoms with van der Waals surface area (Å²) in [7, 11) is 5.81. The molecule has 0 radical (unpaired) electrons. The van der Waals surface area contributed by atoms with E-state index in [9.17, 15) is 4.79 Å². The Morgan fingerprint density at radius 1 is 1.13 bits per heavy atom. The normalized spacial score (nSPS) is 12.8. The number of likely N-dealkylation sites (N-methyl/N-ethyl adjacent to an activating group) is 1. The van der Waals surface area contributed by atoms with E-state index >= 15 is 0 Å². The third-order valence-corrected chi connectivity index (χ3v) is 5.02. The molecule has 2 aromatic carbocycles. The van der Waals surface area contributed by atoms with Crippen LogP contribution in [0.1, 0.15) is 10.4 Å². The highest BCUT2D eigenvalue weighted by Gasteiger charge is 2.24. The molecule has 1 N–H and O–H groups in total. The molecule has 0 fully saturated rings. The van der Waals surface area contributed by atoms with Gasteiger partial charge in [-0.1, -0.05) is 23.9 Å². The van der Waals surface area contributed by atoms with Crippen molar-refractivity contribution in [2.24, 2.45) is 0 Å². The minimum atomic E-state index is -0.0516. The van der Waals surface area contributed by atoms with Crippen molar-refractivity contribution in [2.45, 2.75) is 9.79 Å². The Morgan fingerprint density at radius 2 is 1.87 bits per heavy atom. The van der Waals surface area contributed by atoms with Gasteiger partial charge in [-0.3, -0.25) is 4.79 Å². The highest BCUT2D eigenvalue weighted by atomic mass is 32.2. The summed E-state index contributed by atoms with van der Waals surface area (Å²) in [5.41, 5.74) is 3.01. The number of nitrogens with one attached hydrogen (secondary N) is 1. The number of rotatable bonds is 4. The van der Waals surface area contributed by atoms with Crippen molar-refractivity contribution in [3.05, 3.63) is 48.0 Å². The van der Waals surface area contributed by atoms with Crippen molar-refractivity contribution in [1.82, 2.24) is 10.2 Å². The van der Waals surface area contributed by atoms with E-state index in [-0.39, 0.29) is 5.91 Å². The largest absolute Gasteiger partial charge is 0.355 e. The molecule has 0 spiro atoms. The lowest BCUT2D eigenvalue weighted by atomic mass is 10.1. The van der Waals surface area contributed by atoms with E-state index in [1.54, 1.807) is 18.8 Å². The van der Waals surface area contributed by atoms with Crippen LogP contribution >= 0.6 is 11.8 Å². The smallest absolute Gasteiger partial charge is 0.251 e. The average molecular weight is 327 g/mol. The van der Waals surface area contributed by atoms with Gasteiger partial charge in [-0.05, 0) is 44.4 Å². The fourth-order valence-electron chi connectivity index (χ4n) is 2.66. The molecule has 0 unspecified atom stereocenters. The predicted molar refractivity (Wildman–Crippen MR) is 96.0 cm³/mol. The van der Waals surface area contributed by atoms with E-state index < -0.39 is 0 Å². The molecule has 2 aromatic rings. The Labute approximate surface area is 141 Å². The fourth-order valence-corrected chi connectivity index (χ4v) is 3.73. The van der Waals surface area contributed by atoms with Gasteiger partial charge in [0.25, 0.3) is 5.91 Å². The second kappa shape index (κ2) is 6.64. The van der Waals surface area contributed by atoms with Gasteiger partial charge in [0.15, 0.2) is 0 Å². The van der Waals surface area contributed by atoms with Crippen molar-refractivity contribution in [2.75, 3.05) is 39.1 Å². The quantitative estimate of drug-likeness (QED) is 0.935. The summed E-state index contributed by atoms with van der Waals surface area (Å²) in [6.07, 6.45) is 0.